The highest BCUT2D eigenvalue weighted by atomic mass is 32.1. The van der Waals surface area contributed by atoms with Gasteiger partial charge in [-0.15, -0.1) is 11.3 Å². The van der Waals surface area contributed by atoms with E-state index in [0.29, 0.717) is 28.4 Å². The SMILES string of the molecule is Cc1c(C2CC2C2CCCC2)sc(C(=O)O)c1C(C(=O)C1CCC(C)CC1)C1CCCCC1. The minimum Gasteiger partial charge on any atom is -0.477 e. The summed E-state index contributed by atoms with van der Waals surface area (Å²) in [7, 11) is 0. The van der Waals surface area contributed by atoms with Crippen LogP contribution in [0.15, 0.2) is 0 Å². The third-order valence-electron chi connectivity index (χ3n) is 9.76. The van der Waals surface area contributed by atoms with Gasteiger partial charge in [-0.05, 0) is 79.7 Å². The number of carboxylic acids is 1. The molecule has 33 heavy (non-hydrogen) atoms. The van der Waals surface area contributed by atoms with Crippen LogP contribution in [0.3, 0.4) is 0 Å². The van der Waals surface area contributed by atoms with E-state index in [-0.39, 0.29) is 11.8 Å². The second-order valence-corrected chi connectivity index (χ2v) is 13.0. The molecule has 0 saturated heterocycles. The molecule has 1 heterocycles. The second-order valence-electron chi connectivity index (χ2n) is 11.9. The third kappa shape index (κ3) is 4.70. The van der Waals surface area contributed by atoms with Gasteiger partial charge in [0.05, 0.1) is 0 Å². The Balaban J connectivity index is 1.49. The molecule has 1 aromatic rings. The molecular formula is C29H42O3S. The number of rotatable bonds is 7. The van der Waals surface area contributed by atoms with Gasteiger partial charge in [-0.3, -0.25) is 4.79 Å². The van der Waals surface area contributed by atoms with Crippen molar-refractivity contribution in [3.63, 3.8) is 0 Å². The molecule has 4 saturated carbocycles. The number of thiophene rings is 1. The van der Waals surface area contributed by atoms with Crippen molar-refractivity contribution in [2.24, 2.45) is 29.6 Å². The van der Waals surface area contributed by atoms with Crippen molar-refractivity contribution in [3.05, 3.63) is 20.9 Å². The molecule has 1 aromatic heterocycles. The molecule has 4 fully saturated rings. The van der Waals surface area contributed by atoms with Gasteiger partial charge in [0.1, 0.15) is 10.7 Å². The summed E-state index contributed by atoms with van der Waals surface area (Å²) in [6.45, 7) is 4.46. The molecule has 4 heteroatoms. The van der Waals surface area contributed by atoms with Crippen molar-refractivity contribution in [1.29, 1.82) is 0 Å². The van der Waals surface area contributed by atoms with Crippen molar-refractivity contribution >= 4 is 23.1 Å². The molecule has 182 valence electrons. The van der Waals surface area contributed by atoms with Crippen LogP contribution >= 0.6 is 11.3 Å². The Morgan fingerprint density at radius 2 is 1.55 bits per heavy atom. The quantitative estimate of drug-likeness (QED) is 0.438. The molecule has 0 aliphatic heterocycles. The van der Waals surface area contributed by atoms with Gasteiger partial charge >= 0.3 is 5.97 Å². The molecule has 3 unspecified atom stereocenters. The number of Topliss-reactive ketones (excluding diaryl/α,β-unsaturated/α-hetero) is 1. The molecule has 0 radical (unpaired) electrons. The first kappa shape index (κ1) is 23.6. The van der Waals surface area contributed by atoms with Crippen molar-refractivity contribution in [3.8, 4) is 0 Å². The van der Waals surface area contributed by atoms with Crippen LogP contribution in [0.25, 0.3) is 0 Å². The van der Waals surface area contributed by atoms with Gasteiger partial charge in [0, 0.05) is 16.7 Å². The van der Waals surface area contributed by atoms with Gasteiger partial charge in [-0.25, -0.2) is 4.79 Å². The number of ketones is 1. The summed E-state index contributed by atoms with van der Waals surface area (Å²) < 4.78 is 0. The molecule has 5 rings (SSSR count). The Morgan fingerprint density at radius 3 is 2.18 bits per heavy atom. The molecule has 3 atom stereocenters. The van der Waals surface area contributed by atoms with E-state index in [2.05, 4.69) is 13.8 Å². The van der Waals surface area contributed by atoms with Crippen molar-refractivity contribution < 1.29 is 14.7 Å². The number of carbonyl (C=O) groups is 2. The Kier molecular flexibility index (Phi) is 7.03. The Hall–Kier alpha value is -1.16. The maximum absolute atomic E-state index is 14.1. The fraction of sp³-hybridized carbons (Fsp3) is 0.793. The highest BCUT2D eigenvalue weighted by Gasteiger charge is 2.48. The Morgan fingerprint density at radius 1 is 0.909 bits per heavy atom. The summed E-state index contributed by atoms with van der Waals surface area (Å²) in [5.74, 6) is 2.69. The van der Waals surface area contributed by atoms with Gasteiger partial charge in [0.2, 0.25) is 0 Å². The second kappa shape index (κ2) is 9.84. The molecular weight excluding hydrogens is 428 g/mol. The zero-order valence-electron chi connectivity index (χ0n) is 20.6. The highest BCUT2D eigenvalue weighted by Crippen LogP contribution is 2.59. The predicted molar refractivity (Wildman–Crippen MR) is 134 cm³/mol. The first-order valence-electron chi connectivity index (χ1n) is 13.9. The molecule has 1 N–H and O–H groups in total. The van der Waals surface area contributed by atoms with Crippen LogP contribution in [-0.4, -0.2) is 16.9 Å². The number of hydrogen-bond donors (Lipinski definition) is 1. The maximum Gasteiger partial charge on any atom is 0.346 e. The molecule has 0 amide bonds. The lowest BCUT2D eigenvalue weighted by Crippen LogP contribution is -2.32. The minimum absolute atomic E-state index is 0.129. The van der Waals surface area contributed by atoms with E-state index in [1.54, 1.807) is 0 Å². The topological polar surface area (TPSA) is 54.4 Å². The van der Waals surface area contributed by atoms with Gasteiger partial charge in [-0.2, -0.15) is 0 Å². The fourth-order valence-electron chi connectivity index (χ4n) is 7.73. The van der Waals surface area contributed by atoms with E-state index in [0.717, 1.165) is 55.9 Å². The number of carbonyl (C=O) groups excluding carboxylic acids is 1. The Bertz CT molecular complexity index is 866. The normalized spacial score (nSPS) is 32.1. The largest absolute Gasteiger partial charge is 0.477 e. The van der Waals surface area contributed by atoms with Crippen LogP contribution in [0.4, 0.5) is 0 Å². The molecule has 4 aliphatic carbocycles. The third-order valence-corrected chi connectivity index (χ3v) is 11.2. The van der Waals surface area contributed by atoms with Gasteiger partial charge in [0.15, 0.2) is 0 Å². The highest BCUT2D eigenvalue weighted by molar-refractivity contribution is 7.14. The molecule has 3 nitrogen and oxygen atoms in total. The van der Waals surface area contributed by atoms with E-state index >= 15 is 0 Å². The zero-order chi connectivity index (χ0) is 23.1. The van der Waals surface area contributed by atoms with E-state index in [9.17, 15) is 14.7 Å². The van der Waals surface area contributed by atoms with Crippen LogP contribution in [-0.2, 0) is 4.79 Å². The van der Waals surface area contributed by atoms with Crippen LogP contribution in [0.1, 0.15) is 134 Å². The molecule has 0 bridgehead atoms. The molecule has 4 aliphatic rings. The summed E-state index contributed by atoms with van der Waals surface area (Å²) in [4.78, 5) is 28.4. The standard InChI is InChI=1S/C29H42O3S/c1-17-12-14-21(15-13-17)26(30)25(20-10-4-3-5-11-20)24-18(2)27(33-28(24)29(31)32)23-16-22(23)19-8-6-7-9-19/h17,19-23,25H,3-16H2,1-2H3,(H,31,32). The van der Waals surface area contributed by atoms with Crippen LogP contribution in [0, 0.1) is 36.5 Å². The average Bonchev–Trinajstić information content (AvgIpc) is 3.25. The van der Waals surface area contributed by atoms with Crippen molar-refractivity contribution in [2.75, 3.05) is 0 Å². The van der Waals surface area contributed by atoms with E-state index in [1.165, 1.54) is 73.1 Å². The van der Waals surface area contributed by atoms with Gasteiger partial charge in [0.25, 0.3) is 0 Å². The lowest BCUT2D eigenvalue weighted by atomic mass is 9.68. The zero-order valence-corrected chi connectivity index (χ0v) is 21.4. The van der Waals surface area contributed by atoms with Crippen molar-refractivity contribution in [1.82, 2.24) is 0 Å². The van der Waals surface area contributed by atoms with E-state index in [4.69, 9.17) is 0 Å². The fourth-order valence-corrected chi connectivity index (χ4v) is 9.11. The Labute approximate surface area is 203 Å². The van der Waals surface area contributed by atoms with Gasteiger partial charge in [-0.1, -0.05) is 64.7 Å². The first-order valence-corrected chi connectivity index (χ1v) is 14.7. The smallest absolute Gasteiger partial charge is 0.346 e. The lowest BCUT2D eigenvalue weighted by molar-refractivity contribution is -0.127. The number of hydrogen-bond acceptors (Lipinski definition) is 3. The molecule has 0 spiro atoms. The summed E-state index contributed by atoms with van der Waals surface area (Å²) in [5, 5.41) is 10.3. The van der Waals surface area contributed by atoms with Crippen LogP contribution < -0.4 is 0 Å². The predicted octanol–water partition coefficient (Wildman–Crippen LogP) is 8.11. The summed E-state index contributed by atoms with van der Waals surface area (Å²) in [5.41, 5.74) is 2.12. The van der Waals surface area contributed by atoms with Crippen molar-refractivity contribution in [2.45, 2.75) is 116 Å². The minimum atomic E-state index is -0.812. The monoisotopic (exact) mass is 470 g/mol. The summed E-state index contributed by atoms with van der Waals surface area (Å²) >= 11 is 1.53. The number of aromatic carboxylic acids is 1. The van der Waals surface area contributed by atoms with Crippen LogP contribution in [0.5, 0.6) is 0 Å². The van der Waals surface area contributed by atoms with E-state index in [1.807, 2.05) is 0 Å². The lowest BCUT2D eigenvalue weighted by Gasteiger charge is -2.34. The number of carboxylic acid groups (broad SMARTS) is 1. The van der Waals surface area contributed by atoms with E-state index < -0.39 is 5.97 Å². The van der Waals surface area contributed by atoms with Crippen LogP contribution in [0.2, 0.25) is 0 Å². The first-order chi connectivity index (χ1) is 16.0. The molecule has 0 aromatic carbocycles. The average molecular weight is 471 g/mol. The summed E-state index contributed by atoms with van der Waals surface area (Å²) in [6.07, 6.45) is 16.7. The maximum atomic E-state index is 14.1. The summed E-state index contributed by atoms with van der Waals surface area (Å²) in [6, 6.07) is 0. The van der Waals surface area contributed by atoms with Gasteiger partial charge < -0.3 is 5.11 Å².